The number of hydrogen-bond donors (Lipinski definition) is 0. The van der Waals surface area contributed by atoms with Gasteiger partial charge in [-0.05, 0) is 143 Å². The van der Waals surface area contributed by atoms with Crippen molar-refractivity contribution in [2.45, 2.75) is 27.7 Å². The highest BCUT2D eigenvalue weighted by Gasteiger charge is 2.30. The van der Waals surface area contributed by atoms with E-state index in [4.69, 9.17) is 35.7 Å². The van der Waals surface area contributed by atoms with Crippen LogP contribution < -0.4 is 18.9 Å². The van der Waals surface area contributed by atoms with Gasteiger partial charge in [0.05, 0.1) is 39.0 Å². The van der Waals surface area contributed by atoms with Crippen LogP contribution in [0.1, 0.15) is 22.3 Å². The van der Waals surface area contributed by atoms with Gasteiger partial charge in [-0.15, -0.1) is 0 Å². The summed E-state index contributed by atoms with van der Waals surface area (Å²) in [4.78, 5) is 0. The molecule has 0 aliphatic carbocycles. The number of fused-ring (bicyclic) bond motifs is 8. The van der Waals surface area contributed by atoms with Crippen LogP contribution in [-0.4, -0.2) is 28.4 Å². The molecule has 0 saturated heterocycles. The van der Waals surface area contributed by atoms with Gasteiger partial charge < -0.3 is 35.7 Å². The van der Waals surface area contributed by atoms with Crippen molar-refractivity contribution < 1.29 is 35.7 Å². The molecule has 0 fully saturated rings. The summed E-state index contributed by atoms with van der Waals surface area (Å²) >= 11 is 0. The fourth-order valence-electron chi connectivity index (χ4n) is 10.5. The number of methoxy groups -OCH3 is 4. The van der Waals surface area contributed by atoms with Gasteiger partial charge >= 0.3 is 0 Å². The van der Waals surface area contributed by atoms with Crippen LogP contribution in [-0.2, 0) is 0 Å². The van der Waals surface area contributed by atoms with E-state index in [2.05, 4.69) is 149 Å². The van der Waals surface area contributed by atoms with Crippen LogP contribution >= 0.6 is 16.0 Å². The molecule has 2 heterocycles. The summed E-state index contributed by atoms with van der Waals surface area (Å²) in [6, 6.07) is 59.2. The predicted octanol–water partition coefficient (Wildman–Crippen LogP) is 19.4. The van der Waals surface area contributed by atoms with Crippen LogP contribution in [0.5, 0.6) is 23.0 Å². The highest BCUT2D eigenvalue weighted by Crippen LogP contribution is 2.61. The molecule has 366 valence electrons. The lowest BCUT2D eigenvalue weighted by molar-refractivity contribution is 0.414. The van der Waals surface area contributed by atoms with Gasteiger partial charge in [-0.1, -0.05) is 109 Å². The zero-order valence-electron chi connectivity index (χ0n) is 42.3. The molecule has 12 rings (SSSR count). The Bertz CT molecular complexity index is 3870. The maximum atomic E-state index is 7.62. The van der Waals surface area contributed by atoms with Crippen molar-refractivity contribution in [3.05, 3.63) is 192 Å². The molecular formula is C64H52O8P2. The SMILES string of the molecule is COc1cc(C)c2op(-c3c(-c4ccccc4)cc4ccccc4c3-c3c(-p4oc5c(C)cc(OC)cc5c5cc(OC)cc(C)c5o4)c(-c4ccccc4)cc4ccccc34)oc3c(C)cc(OC)cc3c2c1. The molecule has 10 heteroatoms. The van der Waals surface area contributed by atoms with Gasteiger partial charge in [0.1, 0.15) is 45.3 Å². The molecule has 0 unspecified atom stereocenters. The topological polar surface area (TPSA) is 89.5 Å². The molecule has 74 heavy (non-hydrogen) atoms. The summed E-state index contributed by atoms with van der Waals surface area (Å²) in [5.74, 6) is 2.85. The summed E-state index contributed by atoms with van der Waals surface area (Å²) in [7, 11) is 2.69. The van der Waals surface area contributed by atoms with Crippen molar-refractivity contribution >= 4 is 81.4 Å². The molecule has 0 radical (unpaired) electrons. The Hall–Kier alpha value is -8.28. The lowest BCUT2D eigenvalue weighted by Gasteiger charge is -2.22. The Kier molecular flexibility index (Phi) is 12.0. The first-order valence-electron chi connectivity index (χ1n) is 24.4. The zero-order chi connectivity index (χ0) is 50.8. The third-order valence-corrected chi connectivity index (χ3v) is 17.1. The van der Waals surface area contributed by atoms with E-state index in [9.17, 15) is 0 Å². The lowest BCUT2D eigenvalue weighted by Crippen LogP contribution is -1.94. The van der Waals surface area contributed by atoms with Crippen LogP contribution in [0, 0.1) is 27.7 Å². The van der Waals surface area contributed by atoms with Crippen LogP contribution in [0.15, 0.2) is 187 Å². The molecule has 8 nitrogen and oxygen atoms in total. The molecule has 0 spiro atoms. The van der Waals surface area contributed by atoms with E-state index >= 15 is 0 Å². The molecule has 0 bridgehead atoms. The second-order valence-corrected chi connectivity index (χ2v) is 21.3. The summed E-state index contributed by atoms with van der Waals surface area (Å²) in [5, 5.41) is 9.34. The van der Waals surface area contributed by atoms with Gasteiger partial charge in [0.2, 0.25) is 0 Å². The first-order chi connectivity index (χ1) is 36.1. The molecule has 0 atom stereocenters. The van der Waals surface area contributed by atoms with E-state index in [1.54, 1.807) is 28.4 Å². The minimum atomic E-state index is -2.03. The molecule has 10 aromatic carbocycles. The number of aryl methyl sites for hydroxylation is 4. The molecule has 0 saturated carbocycles. The van der Waals surface area contributed by atoms with Crippen molar-refractivity contribution in [1.29, 1.82) is 0 Å². The third-order valence-electron chi connectivity index (χ3n) is 14.0. The molecule has 0 amide bonds. The molecule has 12 aromatic rings. The minimum absolute atomic E-state index is 0.703. The first kappa shape index (κ1) is 46.8. The monoisotopic (exact) mass is 1010 g/mol. The van der Waals surface area contributed by atoms with Crippen LogP contribution in [0.2, 0.25) is 0 Å². The van der Waals surface area contributed by atoms with Crippen molar-refractivity contribution in [2.24, 2.45) is 0 Å². The van der Waals surface area contributed by atoms with Crippen LogP contribution in [0.3, 0.4) is 0 Å². The van der Waals surface area contributed by atoms with Crippen molar-refractivity contribution in [3.63, 3.8) is 0 Å². The van der Waals surface area contributed by atoms with Gasteiger partial charge in [0.25, 0.3) is 16.0 Å². The maximum Gasteiger partial charge on any atom is 0.254 e. The van der Waals surface area contributed by atoms with E-state index in [0.29, 0.717) is 45.3 Å². The van der Waals surface area contributed by atoms with E-state index in [0.717, 1.165) is 109 Å². The highest BCUT2D eigenvalue weighted by molar-refractivity contribution is 7.47. The van der Waals surface area contributed by atoms with Crippen molar-refractivity contribution in [2.75, 3.05) is 28.4 Å². The fourth-order valence-corrected chi connectivity index (χ4v) is 14.2. The minimum Gasteiger partial charge on any atom is -0.497 e. The van der Waals surface area contributed by atoms with Crippen molar-refractivity contribution in [1.82, 2.24) is 0 Å². The van der Waals surface area contributed by atoms with E-state index in [1.165, 1.54) is 0 Å². The normalized spacial score (nSPS) is 11.5. The average Bonchev–Trinajstić information content (AvgIpc) is 3.73. The highest BCUT2D eigenvalue weighted by atomic mass is 31.1. The lowest BCUT2D eigenvalue weighted by atomic mass is 9.88. The van der Waals surface area contributed by atoms with Crippen LogP contribution in [0.25, 0.3) is 109 Å². The molecular weight excluding hydrogens is 959 g/mol. The number of hydrogen-bond acceptors (Lipinski definition) is 8. The second kappa shape index (κ2) is 19.0. The standard InChI is InChI=1S/C64H52O8P2/c1-37-27-45(65-5)33-53-54-34-46(66-6)28-38(2)60(54)70-73(69-59(37)53)63-51(41-19-11-9-12-20-41)31-43-23-15-17-25-49(43)57(63)58-50-26-18-16-24-44(50)32-52(42-21-13-10-14-22-42)64(58)74-71-61-39(3)29-47(67-7)35-55(61)56-36-48(68-8)30-40(4)62(56)72-74/h9-36H,1-8H3. The average molecular weight is 1010 g/mol. The van der Waals surface area contributed by atoms with Crippen molar-refractivity contribution in [3.8, 4) is 67.0 Å². The first-order valence-corrected chi connectivity index (χ1v) is 26.8. The summed E-state index contributed by atoms with van der Waals surface area (Å²) in [5.41, 5.74) is 12.3. The number of benzene rings is 10. The Labute approximate surface area is 430 Å². The van der Waals surface area contributed by atoms with Gasteiger partial charge in [-0.3, -0.25) is 0 Å². The number of rotatable bonds is 9. The largest absolute Gasteiger partial charge is 0.497 e. The summed E-state index contributed by atoms with van der Waals surface area (Å²) in [6.45, 7) is 8.26. The Morgan fingerprint density at radius 1 is 0.311 bits per heavy atom. The van der Waals surface area contributed by atoms with Gasteiger partial charge in [0, 0.05) is 43.8 Å². The fraction of sp³-hybridized carbons (Fsp3) is 0.125. The molecule has 0 aliphatic heterocycles. The Morgan fingerprint density at radius 2 is 0.595 bits per heavy atom. The Balaban J connectivity index is 1.37. The van der Waals surface area contributed by atoms with E-state index < -0.39 is 16.0 Å². The van der Waals surface area contributed by atoms with Gasteiger partial charge in [-0.25, -0.2) is 0 Å². The molecule has 2 aromatic heterocycles. The number of ether oxygens (including phenoxy) is 4. The van der Waals surface area contributed by atoms with Gasteiger partial charge in [-0.2, -0.15) is 0 Å². The molecule has 0 aliphatic rings. The van der Waals surface area contributed by atoms with Crippen LogP contribution in [0.4, 0.5) is 0 Å². The van der Waals surface area contributed by atoms with E-state index in [-0.39, 0.29) is 0 Å². The quantitative estimate of drug-likeness (QED) is 0.141. The van der Waals surface area contributed by atoms with E-state index in [1.807, 2.05) is 48.5 Å². The Morgan fingerprint density at radius 3 is 0.892 bits per heavy atom. The summed E-state index contributed by atoms with van der Waals surface area (Å²) in [6.07, 6.45) is 0. The second-order valence-electron chi connectivity index (χ2n) is 18.6. The summed E-state index contributed by atoms with van der Waals surface area (Å²) < 4.78 is 54.1. The maximum absolute atomic E-state index is 7.62. The molecule has 0 N–H and O–H groups in total. The zero-order valence-corrected chi connectivity index (χ0v) is 44.1. The predicted molar refractivity (Wildman–Crippen MR) is 305 cm³/mol. The third kappa shape index (κ3) is 7.94. The van der Waals surface area contributed by atoms with Gasteiger partial charge in [0.15, 0.2) is 0 Å². The smallest absolute Gasteiger partial charge is 0.254 e.